The van der Waals surface area contributed by atoms with Gasteiger partial charge in [-0.2, -0.15) is 0 Å². The highest BCUT2D eigenvalue weighted by molar-refractivity contribution is 7.07. The minimum absolute atomic E-state index is 0.269. The molecule has 2 atom stereocenters. The Kier molecular flexibility index (Phi) is 3.15. The molecule has 1 aromatic rings. The quantitative estimate of drug-likeness (QED) is 0.821. The number of likely N-dealkylation sites (tertiary alicyclic amines) is 1. The standard InChI is InChI=1S/C10H16N2OS/c1-8-2-3-12(10(8)5-13)4-9-6-14-7-11-9/h6-8,10,13H,2-5H2,1H3. The van der Waals surface area contributed by atoms with Gasteiger partial charge in [-0.05, 0) is 18.9 Å². The average Bonchev–Trinajstić information content (AvgIpc) is 2.77. The van der Waals surface area contributed by atoms with E-state index in [1.165, 1.54) is 6.42 Å². The van der Waals surface area contributed by atoms with Gasteiger partial charge >= 0.3 is 0 Å². The SMILES string of the molecule is CC1CCN(Cc2cscn2)C1CO. The smallest absolute Gasteiger partial charge is 0.0795 e. The van der Waals surface area contributed by atoms with Crippen LogP contribution in [0.5, 0.6) is 0 Å². The summed E-state index contributed by atoms with van der Waals surface area (Å²) in [7, 11) is 0. The van der Waals surface area contributed by atoms with Crippen LogP contribution in [-0.2, 0) is 6.54 Å². The van der Waals surface area contributed by atoms with Crippen LogP contribution in [0, 0.1) is 5.92 Å². The number of thiazole rings is 1. The summed E-state index contributed by atoms with van der Waals surface area (Å²) in [6.45, 7) is 4.45. The van der Waals surface area contributed by atoms with Crippen molar-refractivity contribution in [3.63, 3.8) is 0 Å². The minimum Gasteiger partial charge on any atom is -0.395 e. The number of hydrogen-bond donors (Lipinski definition) is 1. The Balaban J connectivity index is 1.98. The Morgan fingerprint density at radius 2 is 2.57 bits per heavy atom. The number of aliphatic hydroxyl groups is 1. The molecule has 1 aromatic heterocycles. The zero-order valence-corrected chi connectivity index (χ0v) is 9.20. The van der Waals surface area contributed by atoms with Gasteiger partial charge in [0.2, 0.25) is 0 Å². The molecule has 0 aliphatic carbocycles. The summed E-state index contributed by atoms with van der Waals surface area (Å²) >= 11 is 1.63. The molecular formula is C10H16N2OS. The van der Waals surface area contributed by atoms with Crippen molar-refractivity contribution >= 4 is 11.3 Å². The predicted molar refractivity (Wildman–Crippen MR) is 57.2 cm³/mol. The maximum absolute atomic E-state index is 9.28. The molecule has 3 nitrogen and oxygen atoms in total. The van der Waals surface area contributed by atoms with Crippen LogP contribution < -0.4 is 0 Å². The Bertz CT molecular complexity index is 276. The van der Waals surface area contributed by atoms with Gasteiger partial charge in [0.25, 0.3) is 0 Å². The molecule has 0 spiro atoms. The molecule has 2 rings (SSSR count). The van der Waals surface area contributed by atoms with E-state index in [9.17, 15) is 5.11 Å². The third kappa shape index (κ3) is 1.97. The van der Waals surface area contributed by atoms with Gasteiger partial charge in [0.15, 0.2) is 0 Å². The first-order valence-corrected chi connectivity index (χ1v) is 5.97. The van der Waals surface area contributed by atoms with E-state index < -0.39 is 0 Å². The fraction of sp³-hybridized carbons (Fsp3) is 0.700. The number of hydrogen-bond acceptors (Lipinski definition) is 4. The summed E-state index contributed by atoms with van der Waals surface area (Å²) in [5.41, 5.74) is 2.99. The number of rotatable bonds is 3. The lowest BCUT2D eigenvalue weighted by atomic mass is 10.0. The van der Waals surface area contributed by atoms with Crippen LogP contribution in [0.2, 0.25) is 0 Å². The topological polar surface area (TPSA) is 36.4 Å². The molecule has 1 saturated heterocycles. The second-order valence-electron chi connectivity index (χ2n) is 3.97. The van der Waals surface area contributed by atoms with E-state index in [1.54, 1.807) is 11.3 Å². The van der Waals surface area contributed by atoms with Crippen molar-refractivity contribution < 1.29 is 5.11 Å². The summed E-state index contributed by atoms with van der Waals surface area (Å²) in [5, 5.41) is 11.4. The number of aromatic nitrogens is 1. The van der Waals surface area contributed by atoms with Gasteiger partial charge < -0.3 is 5.11 Å². The number of aliphatic hydroxyl groups excluding tert-OH is 1. The van der Waals surface area contributed by atoms with Crippen LogP contribution in [-0.4, -0.2) is 34.2 Å². The van der Waals surface area contributed by atoms with E-state index in [0.717, 1.165) is 18.8 Å². The first-order valence-electron chi connectivity index (χ1n) is 5.03. The molecule has 0 bridgehead atoms. The summed E-state index contributed by atoms with van der Waals surface area (Å²) in [6.07, 6.45) is 1.19. The first kappa shape index (κ1) is 10.1. The lowest BCUT2D eigenvalue weighted by Crippen LogP contribution is -2.34. The van der Waals surface area contributed by atoms with Gasteiger partial charge in [-0.3, -0.25) is 4.90 Å². The van der Waals surface area contributed by atoms with Gasteiger partial charge in [-0.25, -0.2) is 4.98 Å². The highest BCUT2D eigenvalue weighted by atomic mass is 32.1. The normalized spacial score (nSPS) is 28.4. The van der Waals surface area contributed by atoms with Crippen molar-refractivity contribution in [2.75, 3.05) is 13.2 Å². The first-order chi connectivity index (χ1) is 6.81. The zero-order chi connectivity index (χ0) is 9.97. The second kappa shape index (κ2) is 4.38. The Morgan fingerprint density at radius 1 is 1.71 bits per heavy atom. The maximum Gasteiger partial charge on any atom is 0.0795 e. The average molecular weight is 212 g/mol. The largest absolute Gasteiger partial charge is 0.395 e. The highest BCUT2D eigenvalue weighted by Gasteiger charge is 2.30. The van der Waals surface area contributed by atoms with Gasteiger partial charge in [-0.1, -0.05) is 6.92 Å². The van der Waals surface area contributed by atoms with E-state index >= 15 is 0 Å². The summed E-state index contributed by atoms with van der Waals surface area (Å²) in [5.74, 6) is 0.610. The van der Waals surface area contributed by atoms with Crippen LogP contribution in [0.3, 0.4) is 0 Å². The van der Waals surface area contributed by atoms with E-state index in [1.807, 2.05) is 5.51 Å². The molecule has 2 heterocycles. The van der Waals surface area contributed by atoms with Crippen molar-refractivity contribution in [1.29, 1.82) is 0 Å². The lowest BCUT2D eigenvalue weighted by molar-refractivity contribution is 0.133. The molecule has 1 fully saturated rings. The van der Waals surface area contributed by atoms with Crippen LogP contribution in [0.25, 0.3) is 0 Å². The highest BCUT2D eigenvalue weighted by Crippen LogP contribution is 2.25. The van der Waals surface area contributed by atoms with E-state index in [0.29, 0.717) is 12.0 Å². The van der Waals surface area contributed by atoms with Crippen molar-refractivity contribution in [3.05, 3.63) is 16.6 Å². The van der Waals surface area contributed by atoms with Crippen LogP contribution in [0.4, 0.5) is 0 Å². The monoisotopic (exact) mass is 212 g/mol. The Morgan fingerprint density at radius 3 is 3.21 bits per heavy atom. The van der Waals surface area contributed by atoms with Crippen molar-refractivity contribution in [3.8, 4) is 0 Å². The molecule has 0 amide bonds. The molecule has 1 N–H and O–H groups in total. The molecule has 0 radical (unpaired) electrons. The molecule has 0 saturated carbocycles. The summed E-state index contributed by atoms with van der Waals surface area (Å²) in [6, 6.07) is 0.330. The van der Waals surface area contributed by atoms with Crippen molar-refractivity contribution in [2.45, 2.75) is 25.9 Å². The lowest BCUT2D eigenvalue weighted by Gasteiger charge is -2.23. The third-order valence-electron chi connectivity index (χ3n) is 3.03. The summed E-state index contributed by atoms with van der Waals surface area (Å²) in [4.78, 5) is 6.60. The van der Waals surface area contributed by atoms with Crippen molar-refractivity contribution in [2.24, 2.45) is 5.92 Å². The fourth-order valence-corrected chi connectivity index (χ4v) is 2.65. The van der Waals surface area contributed by atoms with Crippen LogP contribution in [0.1, 0.15) is 19.0 Å². The minimum atomic E-state index is 0.269. The molecule has 14 heavy (non-hydrogen) atoms. The van der Waals surface area contributed by atoms with Gasteiger partial charge in [0.05, 0.1) is 17.8 Å². The van der Waals surface area contributed by atoms with Crippen molar-refractivity contribution in [1.82, 2.24) is 9.88 Å². The zero-order valence-electron chi connectivity index (χ0n) is 8.39. The second-order valence-corrected chi connectivity index (χ2v) is 4.68. The molecule has 4 heteroatoms. The molecule has 78 valence electrons. The van der Waals surface area contributed by atoms with Gasteiger partial charge in [-0.15, -0.1) is 11.3 Å². The molecular weight excluding hydrogens is 196 g/mol. The maximum atomic E-state index is 9.28. The van der Waals surface area contributed by atoms with Crippen LogP contribution in [0.15, 0.2) is 10.9 Å². The van der Waals surface area contributed by atoms with Crippen LogP contribution >= 0.6 is 11.3 Å². The van der Waals surface area contributed by atoms with Gasteiger partial charge in [0, 0.05) is 18.0 Å². The van der Waals surface area contributed by atoms with E-state index in [2.05, 4.69) is 22.2 Å². The Hall–Kier alpha value is -0.450. The fourth-order valence-electron chi connectivity index (χ4n) is 2.10. The molecule has 0 aromatic carbocycles. The third-order valence-corrected chi connectivity index (χ3v) is 3.67. The van der Waals surface area contributed by atoms with E-state index in [4.69, 9.17) is 0 Å². The Labute approximate surface area is 88.4 Å². The molecule has 1 aliphatic rings. The predicted octanol–water partition coefficient (Wildman–Crippen LogP) is 1.35. The molecule has 2 unspecified atom stereocenters. The molecule has 1 aliphatic heterocycles. The summed E-state index contributed by atoms with van der Waals surface area (Å²) < 4.78 is 0. The van der Waals surface area contributed by atoms with E-state index in [-0.39, 0.29) is 6.61 Å². The number of nitrogens with zero attached hydrogens (tertiary/aromatic N) is 2. The van der Waals surface area contributed by atoms with Gasteiger partial charge in [0.1, 0.15) is 0 Å².